The first-order valence-corrected chi connectivity index (χ1v) is 10.6. The number of ether oxygens (including phenoxy) is 1. The molecule has 1 aromatic heterocycles. The number of nitrogens with zero attached hydrogens (tertiary/aromatic N) is 4. The Morgan fingerprint density at radius 2 is 2.00 bits per heavy atom. The van der Waals surface area contributed by atoms with Gasteiger partial charge in [0.2, 0.25) is 5.91 Å². The van der Waals surface area contributed by atoms with Crippen molar-refractivity contribution in [2.45, 2.75) is 26.1 Å². The molecule has 0 bridgehead atoms. The van der Waals surface area contributed by atoms with Gasteiger partial charge in [-0.15, -0.1) is 0 Å². The molecule has 2 aromatic carbocycles. The number of anilines is 2. The number of rotatable bonds is 7. The van der Waals surface area contributed by atoms with Gasteiger partial charge in [0.25, 0.3) is 5.91 Å². The molecule has 2 heterocycles. The minimum atomic E-state index is -0.610. The molecule has 172 valence electrons. The third-order valence-corrected chi connectivity index (χ3v) is 5.22. The van der Waals surface area contributed by atoms with Crippen LogP contribution in [0, 0.1) is 5.82 Å². The molecule has 0 saturated carbocycles. The highest BCUT2D eigenvalue weighted by Gasteiger charge is 2.17. The van der Waals surface area contributed by atoms with E-state index in [-0.39, 0.29) is 24.2 Å². The SMILES string of the molecule is CC1CN(Cc2ccc(C(=O)Nc3ccc(F)c(NC(=O)Cn4cncn4)c3)cc2)CCO1. The molecule has 0 radical (unpaired) electrons. The lowest BCUT2D eigenvalue weighted by atomic mass is 10.1. The molecule has 9 nitrogen and oxygen atoms in total. The molecule has 1 atom stereocenters. The Hall–Kier alpha value is -3.63. The lowest BCUT2D eigenvalue weighted by molar-refractivity contribution is -0.116. The largest absolute Gasteiger partial charge is 0.376 e. The van der Waals surface area contributed by atoms with E-state index in [1.807, 2.05) is 12.1 Å². The predicted octanol–water partition coefficient (Wildman–Crippen LogP) is 2.53. The Kier molecular flexibility index (Phi) is 7.06. The molecule has 0 spiro atoms. The van der Waals surface area contributed by atoms with Crippen LogP contribution in [0.15, 0.2) is 55.1 Å². The summed E-state index contributed by atoms with van der Waals surface area (Å²) in [6, 6.07) is 11.4. The second kappa shape index (κ2) is 10.3. The van der Waals surface area contributed by atoms with Crippen molar-refractivity contribution < 1.29 is 18.7 Å². The monoisotopic (exact) mass is 452 g/mol. The first-order valence-electron chi connectivity index (χ1n) is 10.6. The van der Waals surface area contributed by atoms with Gasteiger partial charge in [-0.1, -0.05) is 12.1 Å². The van der Waals surface area contributed by atoms with Gasteiger partial charge >= 0.3 is 0 Å². The van der Waals surface area contributed by atoms with Crippen molar-refractivity contribution in [3.8, 4) is 0 Å². The van der Waals surface area contributed by atoms with Crippen LogP contribution < -0.4 is 10.6 Å². The Morgan fingerprint density at radius 3 is 2.73 bits per heavy atom. The van der Waals surface area contributed by atoms with Gasteiger partial charge in [-0.2, -0.15) is 5.10 Å². The van der Waals surface area contributed by atoms with Crippen LogP contribution in [0.3, 0.4) is 0 Å². The maximum atomic E-state index is 14.2. The number of benzene rings is 2. The maximum absolute atomic E-state index is 14.2. The Labute approximate surface area is 190 Å². The number of carbonyl (C=O) groups is 2. The highest BCUT2D eigenvalue weighted by molar-refractivity contribution is 6.04. The van der Waals surface area contributed by atoms with E-state index in [0.29, 0.717) is 11.3 Å². The van der Waals surface area contributed by atoms with Crippen molar-refractivity contribution in [3.63, 3.8) is 0 Å². The van der Waals surface area contributed by atoms with E-state index >= 15 is 0 Å². The molecule has 3 aromatic rings. The zero-order chi connectivity index (χ0) is 23.2. The van der Waals surface area contributed by atoms with E-state index in [1.54, 1.807) is 12.1 Å². The molecule has 1 saturated heterocycles. The second-order valence-corrected chi connectivity index (χ2v) is 7.90. The molecular weight excluding hydrogens is 427 g/mol. The first kappa shape index (κ1) is 22.6. The Bertz CT molecular complexity index is 1100. The molecule has 1 aliphatic heterocycles. The van der Waals surface area contributed by atoms with Crippen LogP contribution in [0.1, 0.15) is 22.8 Å². The van der Waals surface area contributed by atoms with Crippen molar-refractivity contribution in [2.24, 2.45) is 0 Å². The maximum Gasteiger partial charge on any atom is 0.255 e. The summed E-state index contributed by atoms with van der Waals surface area (Å²) in [5.74, 6) is -1.40. The van der Waals surface area contributed by atoms with Crippen molar-refractivity contribution in [1.82, 2.24) is 19.7 Å². The summed E-state index contributed by atoms with van der Waals surface area (Å²) < 4.78 is 21.0. The normalized spacial score (nSPS) is 16.4. The predicted molar refractivity (Wildman–Crippen MR) is 120 cm³/mol. The highest BCUT2D eigenvalue weighted by atomic mass is 19.1. The average molecular weight is 452 g/mol. The van der Waals surface area contributed by atoms with Crippen molar-refractivity contribution in [2.75, 3.05) is 30.3 Å². The molecule has 10 heteroatoms. The molecule has 33 heavy (non-hydrogen) atoms. The van der Waals surface area contributed by atoms with E-state index in [1.165, 1.54) is 35.5 Å². The van der Waals surface area contributed by atoms with Crippen molar-refractivity contribution >= 4 is 23.2 Å². The van der Waals surface area contributed by atoms with Crippen LogP contribution in [-0.4, -0.2) is 57.3 Å². The summed E-state index contributed by atoms with van der Waals surface area (Å²) in [7, 11) is 0. The van der Waals surface area contributed by atoms with Crippen LogP contribution in [0.4, 0.5) is 15.8 Å². The summed E-state index contributed by atoms with van der Waals surface area (Å²) in [4.78, 5) is 30.8. The molecule has 1 unspecified atom stereocenters. The van der Waals surface area contributed by atoms with Gasteiger partial charge in [-0.3, -0.25) is 14.5 Å². The second-order valence-electron chi connectivity index (χ2n) is 7.90. The molecule has 2 amide bonds. The minimum Gasteiger partial charge on any atom is -0.376 e. The molecule has 2 N–H and O–H groups in total. The van der Waals surface area contributed by atoms with Crippen LogP contribution >= 0.6 is 0 Å². The van der Waals surface area contributed by atoms with E-state index in [0.717, 1.165) is 31.8 Å². The fraction of sp³-hybridized carbons (Fsp3) is 0.304. The molecule has 1 aliphatic rings. The third-order valence-electron chi connectivity index (χ3n) is 5.22. The standard InChI is InChI=1S/C23H25FN6O3/c1-16-11-29(8-9-33-16)12-17-2-4-18(5-3-17)23(32)27-19-6-7-20(24)21(10-19)28-22(31)13-30-15-25-14-26-30/h2-7,10,14-16H,8-9,11-13H2,1H3,(H,27,32)(H,28,31). The molecule has 0 aliphatic carbocycles. The first-order chi connectivity index (χ1) is 16.0. The van der Waals surface area contributed by atoms with Gasteiger partial charge in [0.1, 0.15) is 25.0 Å². The van der Waals surface area contributed by atoms with Gasteiger partial charge in [0.15, 0.2) is 0 Å². The number of halogens is 1. The van der Waals surface area contributed by atoms with Crippen LogP contribution in [0.2, 0.25) is 0 Å². The molecule has 4 rings (SSSR count). The number of hydrogen-bond acceptors (Lipinski definition) is 6. The average Bonchev–Trinajstić information content (AvgIpc) is 3.29. The summed E-state index contributed by atoms with van der Waals surface area (Å²) in [5, 5.41) is 9.06. The quantitative estimate of drug-likeness (QED) is 0.571. The number of hydrogen-bond donors (Lipinski definition) is 2. The van der Waals surface area contributed by atoms with Crippen LogP contribution in [0.5, 0.6) is 0 Å². The Balaban J connectivity index is 1.35. The molecule has 1 fully saturated rings. The number of nitrogens with one attached hydrogen (secondary N) is 2. The number of amides is 2. The van der Waals surface area contributed by atoms with Gasteiger partial charge in [-0.05, 0) is 42.8 Å². The van der Waals surface area contributed by atoms with Gasteiger partial charge < -0.3 is 15.4 Å². The van der Waals surface area contributed by atoms with Crippen LogP contribution in [0.25, 0.3) is 0 Å². The van der Waals surface area contributed by atoms with Gasteiger partial charge in [0, 0.05) is 30.9 Å². The number of aromatic nitrogens is 3. The van der Waals surface area contributed by atoms with Gasteiger partial charge in [-0.25, -0.2) is 14.1 Å². The van der Waals surface area contributed by atoms with E-state index < -0.39 is 11.7 Å². The fourth-order valence-corrected chi connectivity index (χ4v) is 3.61. The van der Waals surface area contributed by atoms with E-state index in [4.69, 9.17) is 4.74 Å². The fourth-order valence-electron chi connectivity index (χ4n) is 3.61. The van der Waals surface area contributed by atoms with Crippen molar-refractivity contribution in [1.29, 1.82) is 0 Å². The van der Waals surface area contributed by atoms with Gasteiger partial charge in [0.05, 0.1) is 18.4 Å². The lowest BCUT2D eigenvalue weighted by Crippen LogP contribution is -2.40. The summed E-state index contributed by atoms with van der Waals surface area (Å²) in [6.45, 7) is 5.24. The Morgan fingerprint density at radius 1 is 1.18 bits per heavy atom. The smallest absolute Gasteiger partial charge is 0.255 e. The summed E-state index contributed by atoms with van der Waals surface area (Å²) in [5.41, 5.74) is 1.92. The third kappa shape index (κ3) is 6.21. The molecular formula is C23H25FN6O3. The topological polar surface area (TPSA) is 101 Å². The lowest BCUT2D eigenvalue weighted by Gasteiger charge is -2.31. The number of carbonyl (C=O) groups excluding carboxylic acids is 2. The van der Waals surface area contributed by atoms with E-state index in [2.05, 4.69) is 32.5 Å². The minimum absolute atomic E-state index is 0.0343. The zero-order valence-corrected chi connectivity index (χ0v) is 18.2. The summed E-state index contributed by atoms with van der Waals surface area (Å²) >= 11 is 0. The number of morpholine rings is 1. The van der Waals surface area contributed by atoms with Crippen molar-refractivity contribution in [3.05, 3.63) is 72.1 Å². The van der Waals surface area contributed by atoms with Crippen LogP contribution in [-0.2, 0) is 22.6 Å². The van der Waals surface area contributed by atoms with E-state index in [9.17, 15) is 14.0 Å². The highest BCUT2D eigenvalue weighted by Crippen LogP contribution is 2.21. The zero-order valence-electron chi connectivity index (χ0n) is 18.2. The summed E-state index contributed by atoms with van der Waals surface area (Å²) in [6.07, 6.45) is 2.91.